The van der Waals surface area contributed by atoms with Gasteiger partial charge in [-0.25, -0.2) is 9.97 Å². The van der Waals surface area contributed by atoms with Crippen molar-refractivity contribution >= 4 is 17.7 Å². The van der Waals surface area contributed by atoms with Crippen LogP contribution in [0.2, 0.25) is 0 Å². The van der Waals surface area contributed by atoms with Crippen molar-refractivity contribution in [1.82, 2.24) is 15.3 Å². The molecule has 0 spiro atoms. The zero-order chi connectivity index (χ0) is 18.0. The van der Waals surface area contributed by atoms with E-state index in [0.717, 1.165) is 18.0 Å². The van der Waals surface area contributed by atoms with E-state index in [2.05, 4.69) is 15.3 Å². The molecule has 1 aromatic heterocycles. The maximum atomic E-state index is 13.1. The van der Waals surface area contributed by atoms with Crippen LogP contribution in [0, 0.1) is 0 Å². The number of fused-ring (bicyclic) bond motifs is 1. The van der Waals surface area contributed by atoms with E-state index in [-0.39, 0.29) is 18.5 Å². The first kappa shape index (κ1) is 17.3. The fourth-order valence-electron chi connectivity index (χ4n) is 2.17. The van der Waals surface area contributed by atoms with Gasteiger partial charge >= 0.3 is 6.18 Å². The zero-order valence-corrected chi connectivity index (χ0v) is 13.7. The molecule has 1 aliphatic heterocycles. The van der Waals surface area contributed by atoms with Gasteiger partial charge in [0.1, 0.15) is 0 Å². The number of hydrogen-bond donors (Lipinski definition) is 1. The molecule has 0 aliphatic carbocycles. The number of thioether (sulfide) groups is 1. The fraction of sp³-hybridized carbons (Fsp3) is 0.267. The highest BCUT2D eigenvalue weighted by atomic mass is 32.2. The van der Waals surface area contributed by atoms with Crippen LogP contribution in [0.25, 0.3) is 0 Å². The summed E-state index contributed by atoms with van der Waals surface area (Å²) in [5, 5.41) is 2.38. The van der Waals surface area contributed by atoms with Gasteiger partial charge < -0.3 is 14.8 Å². The van der Waals surface area contributed by atoms with Crippen LogP contribution in [-0.4, -0.2) is 28.9 Å². The molecule has 0 bridgehead atoms. The first-order valence-corrected chi connectivity index (χ1v) is 8.26. The molecule has 6 nitrogen and oxygen atoms in total. The number of carbonyl (C=O) groups is 1. The molecule has 132 valence electrons. The first-order valence-electron chi connectivity index (χ1n) is 7.03. The lowest BCUT2D eigenvalue weighted by Crippen LogP contribution is -2.27. The number of benzene rings is 1. The van der Waals surface area contributed by atoms with E-state index in [1.54, 1.807) is 24.5 Å². The number of aromatic nitrogens is 2. The minimum atomic E-state index is -4.75. The second-order valence-electron chi connectivity index (χ2n) is 4.99. The largest absolute Gasteiger partial charge is 0.454 e. The van der Waals surface area contributed by atoms with Crippen LogP contribution in [0.1, 0.15) is 21.6 Å². The van der Waals surface area contributed by atoms with Gasteiger partial charge in [-0.15, -0.1) is 0 Å². The Balaban J connectivity index is 1.77. The van der Waals surface area contributed by atoms with Crippen LogP contribution < -0.4 is 14.8 Å². The summed E-state index contributed by atoms with van der Waals surface area (Å²) in [6, 6.07) is 5.01. The van der Waals surface area contributed by atoms with E-state index in [1.165, 1.54) is 0 Å². The summed E-state index contributed by atoms with van der Waals surface area (Å²) in [5.74, 6) is 0.198. The lowest BCUT2D eigenvalue weighted by molar-refractivity contribution is -0.142. The molecule has 0 unspecified atom stereocenters. The van der Waals surface area contributed by atoms with Crippen LogP contribution in [0.3, 0.4) is 0 Å². The van der Waals surface area contributed by atoms with E-state index < -0.39 is 23.3 Å². The van der Waals surface area contributed by atoms with Crippen molar-refractivity contribution in [3.05, 3.63) is 41.2 Å². The zero-order valence-electron chi connectivity index (χ0n) is 12.9. The van der Waals surface area contributed by atoms with Gasteiger partial charge in [-0.05, 0) is 24.0 Å². The van der Waals surface area contributed by atoms with Gasteiger partial charge in [0.15, 0.2) is 22.3 Å². The van der Waals surface area contributed by atoms with Crippen LogP contribution in [0.5, 0.6) is 11.5 Å². The number of nitrogens with one attached hydrogen (secondary N) is 1. The van der Waals surface area contributed by atoms with E-state index in [9.17, 15) is 18.0 Å². The predicted octanol–water partition coefficient (Wildman–Crippen LogP) is 2.88. The van der Waals surface area contributed by atoms with Crippen molar-refractivity contribution in [2.24, 2.45) is 0 Å². The summed E-state index contributed by atoms with van der Waals surface area (Å²) in [7, 11) is 0. The number of alkyl halides is 3. The molecule has 1 amide bonds. The number of ether oxygens (including phenoxy) is 2. The third kappa shape index (κ3) is 3.78. The molecule has 3 rings (SSSR count). The van der Waals surface area contributed by atoms with Crippen molar-refractivity contribution in [2.45, 2.75) is 17.9 Å². The maximum Gasteiger partial charge on any atom is 0.434 e. The average Bonchev–Trinajstić information content (AvgIpc) is 3.06. The Morgan fingerprint density at radius 3 is 2.80 bits per heavy atom. The molecule has 0 fully saturated rings. The average molecular weight is 371 g/mol. The molecular weight excluding hydrogens is 359 g/mol. The Morgan fingerprint density at radius 1 is 1.32 bits per heavy atom. The Bertz CT molecular complexity index is 814. The number of hydrogen-bond acceptors (Lipinski definition) is 6. The Morgan fingerprint density at radius 2 is 2.08 bits per heavy atom. The summed E-state index contributed by atoms with van der Waals surface area (Å²) in [6.45, 7) is 0.135. The van der Waals surface area contributed by atoms with Crippen LogP contribution in [-0.2, 0) is 12.7 Å². The number of halogens is 3. The molecular formula is C15H12F3N3O3S. The molecule has 0 saturated heterocycles. The molecule has 10 heteroatoms. The van der Waals surface area contributed by atoms with E-state index in [0.29, 0.717) is 17.1 Å². The fourth-order valence-corrected chi connectivity index (χ4v) is 2.52. The number of carbonyl (C=O) groups excluding carboxylic acids is 1. The first-order chi connectivity index (χ1) is 11.9. The minimum absolute atomic E-state index is 0.0249. The topological polar surface area (TPSA) is 73.3 Å². The molecule has 0 radical (unpaired) electrons. The predicted molar refractivity (Wildman–Crippen MR) is 82.6 cm³/mol. The van der Waals surface area contributed by atoms with Gasteiger partial charge in [0.25, 0.3) is 5.91 Å². The molecule has 0 atom stereocenters. The molecule has 1 N–H and O–H groups in total. The van der Waals surface area contributed by atoms with Gasteiger partial charge in [0.2, 0.25) is 6.79 Å². The lowest BCUT2D eigenvalue weighted by atomic mass is 10.1. The summed E-state index contributed by atoms with van der Waals surface area (Å²) in [6.07, 6.45) is -2.32. The Kier molecular flexibility index (Phi) is 4.71. The summed E-state index contributed by atoms with van der Waals surface area (Å²) in [4.78, 5) is 19.3. The monoisotopic (exact) mass is 371 g/mol. The van der Waals surface area contributed by atoms with Gasteiger partial charge in [0.05, 0.1) is 5.56 Å². The minimum Gasteiger partial charge on any atom is -0.454 e. The molecule has 0 saturated carbocycles. The van der Waals surface area contributed by atoms with Crippen LogP contribution >= 0.6 is 11.8 Å². The highest BCUT2D eigenvalue weighted by Gasteiger charge is 2.38. The lowest BCUT2D eigenvalue weighted by Gasteiger charge is -2.12. The van der Waals surface area contributed by atoms with E-state index in [1.807, 2.05) is 0 Å². The maximum absolute atomic E-state index is 13.1. The highest BCUT2D eigenvalue weighted by molar-refractivity contribution is 7.98. The summed E-state index contributed by atoms with van der Waals surface area (Å²) >= 11 is 0.961. The normalized spacial score (nSPS) is 13.0. The molecule has 2 aromatic rings. The molecule has 25 heavy (non-hydrogen) atoms. The Hall–Kier alpha value is -2.49. The van der Waals surface area contributed by atoms with Gasteiger partial charge in [-0.3, -0.25) is 4.79 Å². The van der Waals surface area contributed by atoms with Crippen molar-refractivity contribution in [3.63, 3.8) is 0 Å². The number of rotatable bonds is 4. The van der Waals surface area contributed by atoms with E-state index >= 15 is 0 Å². The summed E-state index contributed by atoms with van der Waals surface area (Å²) < 4.78 is 49.8. The third-order valence-electron chi connectivity index (χ3n) is 3.35. The SMILES string of the molecule is CSc1ncc(C(=O)NCc2ccc3c(c2)OCO3)c(C(F)(F)F)n1. The molecule has 1 aliphatic rings. The van der Waals surface area contributed by atoms with E-state index in [4.69, 9.17) is 9.47 Å². The number of amides is 1. The summed E-state index contributed by atoms with van der Waals surface area (Å²) in [5.41, 5.74) is -1.21. The van der Waals surface area contributed by atoms with Crippen LogP contribution in [0.4, 0.5) is 13.2 Å². The van der Waals surface area contributed by atoms with Crippen molar-refractivity contribution in [2.75, 3.05) is 13.0 Å². The molecule has 1 aromatic carbocycles. The second kappa shape index (κ2) is 6.79. The second-order valence-corrected chi connectivity index (χ2v) is 5.76. The smallest absolute Gasteiger partial charge is 0.434 e. The quantitative estimate of drug-likeness (QED) is 0.658. The molecule has 2 heterocycles. The van der Waals surface area contributed by atoms with Gasteiger partial charge in [0, 0.05) is 12.7 Å². The highest BCUT2D eigenvalue weighted by Crippen LogP contribution is 2.33. The Labute approximate surface area is 144 Å². The van der Waals surface area contributed by atoms with Crippen molar-refractivity contribution in [1.29, 1.82) is 0 Å². The van der Waals surface area contributed by atoms with Crippen molar-refractivity contribution < 1.29 is 27.4 Å². The number of nitrogens with zero attached hydrogens (tertiary/aromatic N) is 2. The standard InChI is InChI=1S/C15H12F3N3O3S/c1-25-14-20-6-9(12(21-14)15(16,17)18)13(22)19-5-8-2-3-10-11(4-8)24-7-23-10/h2-4,6H,5,7H2,1H3,(H,19,22). The van der Waals surface area contributed by atoms with Gasteiger partial charge in [-0.1, -0.05) is 17.8 Å². The van der Waals surface area contributed by atoms with Gasteiger partial charge in [-0.2, -0.15) is 13.2 Å². The van der Waals surface area contributed by atoms with Crippen LogP contribution in [0.15, 0.2) is 29.6 Å². The third-order valence-corrected chi connectivity index (χ3v) is 3.91. The van der Waals surface area contributed by atoms with Crippen molar-refractivity contribution in [3.8, 4) is 11.5 Å².